The van der Waals surface area contributed by atoms with Gasteiger partial charge in [0.2, 0.25) is 0 Å². The number of carboxylic acid groups (broad SMARTS) is 1. The quantitative estimate of drug-likeness (QED) is 0.399. The molecule has 1 saturated heterocycles. The van der Waals surface area contributed by atoms with E-state index in [9.17, 15) is 19.8 Å². The summed E-state index contributed by atoms with van der Waals surface area (Å²) in [6.45, 7) is 1.18. The van der Waals surface area contributed by atoms with E-state index in [0.717, 1.165) is 30.6 Å². The molecule has 2 aliphatic rings. The first-order valence-electron chi connectivity index (χ1n) is 14.2. The highest BCUT2D eigenvalue weighted by Crippen LogP contribution is 2.41. The summed E-state index contributed by atoms with van der Waals surface area (Å²) in [6.07, 6.45) is 4.30. The topological polar surface area (TPSA) is 117 Å². The van der Waals surface area contributed by atoms with E-state index in [1.807, 2.05) is 65.2 Å². The monoisotopic (exact) mass is 562 g/mol. The Bertz CT molecular complexity index is 1310. The third-order valence-corrected chi connectivity index (χ3v) is 8.21. The standard InChI is InChI=1S/C31H38N4O6/c1-40-21-31(39)16-9-8-14-26(31)35-22-32-27(28(35)23-10-4-2-5-11-23)29(36)34-18-17-33(30(37)38)20-24(34)15-19-41-25-12-6-3-7-13-25/h2-7,10-13,22,24,26,39H,8-9,14-21H2,1H3,(H,37,38)/t24-,26-,31-/m1/s1. The molecule has 1 aliphatic carbocycles. The molecule has 0 bridgehead atoms. The van der Waals surface area contributed by atoms with Gasteiger partial charge in [-0.1, -0.05) is 61.4 Å². The number of hydrogen-bond acceptors (Lipinski definition) is 6. The van der Waals surface area contributed by atoms with Crippen molar-refractivity contribution in [2.75, 3.05) is 40.0 Å². The van der Waals surface area contributed by atoms with Crippen LogP contribution in [0.15, 0.2) is 67.0 Å². The molecule has 2 amide bonds. The van der Waals surface area contributed by atoms with Gasteiger partial charge in [0.05, 0.1) is 37.3 Å². The maximum atomic E-state index is 14.3. The van der Waals surface area contributed by atoms with Crippen molar-refractivity contribution in [3.05, 3.63) is 72.7 Å². The van der Waals surface area contributed by atoms with Crippen LogP contribution in [0.2, 0.25) is 0 Å². The average molecular weight is 563 g/mol. The summed E-state index contributed by atoms with van der Waals surface area (Å²) >= 11 is 0. The number of rotatable bonds is 9. The number of carbonyl (C=O) groups is 2. The lowest BCUT2D eigenvalue weighted by Crippen LogP contribution is -2.56. The largest absolute Gasteiger partial charge is 0.494 e. The Morgan fingerprint density at radius 1 is 1.05 bits per heavy atom. The molecule has 1 aromatic heterocycles. The first kappa shape index (κ1) is 28.6. The number of nitrogens with zero attached hydrogens (tertiary/aromatic N) is 4. The molecule has 0 spiro atoms. The number of imidazole rings is 1. The van der Waals surface area contributed by atoms with Gasteiger partial charge in [-0.3, -0.25) is 4.79 Å². The first-order chi connectivity index (χ1) is 19.9. The Labute approximate surface area is 240 Å². The van der Waals surface area contributed by atoms with Gasteiger partial charge < -0.3 is 34.1 Å². The van der Waals surface area contributed by atoms with Crippen LogP contribution < -0.4 is 4.74 Å². The van der Waals surface area contributed by atoms with Crippen molar-refractivity contribution in [1.82, 2.24) is 19.4 Å². The van der Waals surface area contributed by atoms with E-state index in [-0.39, 0.29) is 44.2 Å². The second-order valence-corrected chi connectivity index (χ2v) is 10.8. The molecule has 2 N–H and O–H groups in total. The van der Waals surface area contributed by atoms with E-state index in [2.05, 4.69) is 4.98 Å². The minimum Gasteiger partial charge on any atom is -0.494 e. The van der Waals surface area contributed by atoms with Gasteiger partial charge in [0.25, 0.3) is 5.91 Å². The number of methoxy groups -OCH3 is 1. The second kappa shape index (κ2) is 12.7. The lowest BCUT2D eigenvalue weighted by molar-refractivity contribution is -0.0893. The maximum Gasteiger partial charge on any atom is 0.407 e. The van der Waals surface area contributed by atoms with Crippen molar-refractivity contribution in [2.24, 2.45) is 0 Å². The molecule has 1 saturated carbocycles. The molecule has 5 rings (SSSR count). The van der Waals surface area contributed by atoms with Crippen LogP contribution in [0.1, 0.15) is 48.6 Å². The van der Waals surface area contributed by atoms with Crippen LogP contribution in [0.5, 0.6) is 5.75 Å². The van der Waals surface area contributed by atoms with Crippen LogP contribution in [0.3, 0.4) is 0 Å². The number of aromatic nitrogens is 2. The van der Waals surface area contributed by atoms with E-state index in [0.29, 0.717) is 30.8 Å². The molecule has 2 fully saturated rings. The van der Waals surface area contributed by atoms with Crippen molar-refractivity contribution >= 4 is 12.0 Å². The van der Waals surface area contributed by atoms with Gasteiger partial charge in [-0.25, -0.2) is 9.78 Å². The fraction of sp³-hybridized carbons (Fsp3) is 0.452. The lowest BCUT2D eigenvalue weighted by Gasteiger charge is -2.41. The zero-order valence-electron chi connectivity index (χ0n) is 23.4. The van der Waals surface area contributed by atoms with E-state index < -0.39 is 11.7 Å². The van der Waals surface area contributed by atoms with Crippen LogP contribution in [0.4, 0.5) is 4.79 Å². The molecule has 0 unspecified atom stereocenters. The highest BCUT2D eigenvalue weighted by atomic mass is 16.5. The van der Waals surface area contributed by atoms with Gasteiger partial charge in [-0.2, -0.15) is 0 Å². The highest BCUT2D eigenvalue weighted by Gasteiger charge is 2.42. The van der Waals surface area contributed by atoms with Crippen molar-refractivity contribution in [3.63, 3.8) is 0 Å². The summed E-state index contributed by atoms with van der Waals surface area (Å²) in [4.78, 5) is 33.8. The number of hydrogen-bond donors (Lipinski definition) is 2. The fourth-order valence-electron chi connectivity index (χ4n) is 6.17. The van der Waals surface area contributed by atoms with Crippen LogP contribution in [-0.2, 0) is 4.74 Å². The fourth-order valence-corrected chi connectivity index (χ4v) is 6.17. The second-order valence-electron chi connectivity index (χ2n) is 10.8. The summed E-state index contributed by atoms with van der Waals surface area (Å²) < 4.78 is 13.3. The minimum atomic E-state index is -1.08. The van der Waals surface area contributed by atoms with E-state index in [4.69, 9.17) is 9.47 Å². The zero-order chi connectivity index (χ0) is 28.8. The first-order valence-corrected chi connectivity index (χ1v) is 14.2. The Balaban J connectivity index is 1.46. The zero-order valence-corrected chi connectivity index (χ0v) is 23.4. The number of amides is 2. The molecule has 2 heterocycles. The lowest BCUT2D eigenvalue weighted by atomic mass is 9.80. The molecule has 3 aromatic rings. The maximum absolute atomic E-state index is 14.3. The molecule has 3 atom stereocenters. The predicted octanol–water partition coefficient (Wildman–Crippen LogP) is 4.32. The van der Waals surface area contributed by atoms with Crippen molar-refractivity contribution in [2.45, 2.75) is 49.8 Å². The molecular formula is C31H38N4O6. The highest BCUT2D eigenvalue weighted by molar-refractivity contribution is 5.98. The third-order valence-electron chi connectivity index (χ3n) is 8.21. The summed E-state index contributed by atoms with van der Waals surface area (Å²) in [5.41, 5.74) is 0.685. The van der Waals surface area contributed by atoms with E-state index in [1.165, 1.54) is 4.90 Å². The van der Waals surface area contributed by atoms with Crippen LogP contribution in [0, 0.1) is 0 Å². The van der Waals surface area contributed by atoms with Crippen molar-refractivity contribution < 1.29 is 29.3 Å². The number of carbonyl (C=O) groups excluding carboxylic acids is 1. The van der Waals surface area contributed by atoms with Crippen LogP contribution in [0.25, 0.3) is 11.3 Å². The Hall–Kier alpha value is -3.89. The molecule has 41 heavy (non-hydrogen) atoms. The average Bonchev–Trinajstić information content (AvgIpc) is 3.43. The van der Waals surface area contributed by atoms with Gasteiger partial charge in [0.15, 0.2) is 5.69 Å². The molecule has 2 aromatic carbocycles. The van der Waals surface area contributed by atoms with Gasteiger partial charge in [0, 0.05) is 38.7 Å². The predicted molar refractivity (Wildman–Crippen MR) is 153 cm³/mol. The van der Waals surface area contributed by atoms with Gasteiger partial charge >= 0.3 is 6.09 Å². The number of aliphatic hydroxyl groups is 1. The summed E-state index contributed by atoms with van der Waals surface area (Å²) in [5, 5.41) is 21.3. The molecular weight excluding hydrogens is 524 g/mol. The summed E-state index contributed by atoms with van der Waals surface area (Å²) in [5.74, 6) is 0.459. The normalized spacial score (nSPS) is 22.9. The van der Waals surface area contributed by atoms with Gasteiger partial charge in [-0.15, -0.1) is 0 Å². The number of piperazine rings is 1. The van der Waals surface area contributed by atoms with Crippen LogP contribution >= 0.6 is 0 Å². The molecule has 10 heteroatoms. The minimum absolute atomic E-state index is 0.188. The third kappa shape index (κ3) is 6.23. The number of benzene rings is 2. The summed E-state index contributed by atoms with van der Waals surface area (Å²) in [7, 11) is 1.59. The molecule has 0 radical (unpaired) electrons. The van der Waals surface area contributed by atoms with Crippen LogP contribution in [-0.4, -0.2) is 93.2 Å². The Morgan fingerprint density at radius 3 is 2.49 bits per heavy atom. The van der Waals surface area contributed by atoms with E-state index >= 15 is 0 Å². The SMILES string of the molecule is COC[C@]1(O)CCCC[C@H]1n1cnc(C(=O)N2CCN(C(=O)O)C[C@H]2CCOc2ccccc2)c1-c1ccccc1. The Kier molecular flexibility index (Phi) is 8.90. The van der Waals surface area contributed by atoms with Crippen molar-refractivity contribution in [1.29, 1.82) is 0 Å². The summed E-state index contributed by atoms with van der Waals surface area (Å²) in [6, 6.07) is 18.4. The van der Waals surface area contributed by atoms with Gasteiger partial charge in [-0.05, 0) is 25.0 Å². The number of para-hydroxylation sites is 1. The molecule has 10 nitrogen and oxygen atoms in total. The smallest absolute Gasteiger partial charge is 0.407 e. The Morgan fingerprint density at radius 2 is 1.78 bits per heavy atom. The van der Waals surface area contributed by atoms with E-state index in [1.54, 1.807) is 18.3 Å². The molecule has 218 valence electrons. The van der Waals surface area contributed by atoms with Crippen molar-refractivity contribution in [3.8, 4) is 17.0 Å². The molecule has 1 aliphatic heterocycles. The number of ether oxygens (including phenoxy) is 2. The van der Waals surface area contributed by atoms with Gasteiger partial charge in [0.1, 0.15) is 11.4 Å².